The van der Waals surface area contributed by atoms with Gasteiger partial charge in [0.2, 0.25) is 5.91 Å². The summed E-state index contributed by atoms with van der Waals surface area (Å²) in [6.45, 7) is 2.15. The Morgan fingerprint density at radius 2 is 1.79 bits per heavy atom. The predicted octanol–water partition coefficient (Wildman–Crippen LogP) is 3.40. The summed E-state index contributed by atoms with van der Waals surface area (Å²) in [7, 11) is 0. The van der Waals surface area contributed by atoms with Gasteiger partial charge in [-0.3, -0.25) is 9.59 Å². The number of halogens is 1. The number of nitrogens with zero attached hydrogens (tertiary/aromatic N) is 2. The molecule has 3 rings (SSSR count). The van der Waals surface area contributed by atoms with E-state index in [-0.39, 0.29) is 11.8 Å². The molecule has 0 bridgehead atoms. The number of hydrogen-bond acceptors (Lipinski definition) is 3. The van der Waals surface area contributed by atoms with Crippen molar-refractivity contribution in [1.29, 1.82) is 0 Å². The van der Waals surface area contributed by atoms with Gasteiger partial charge in [-0.05, 0) is 35.7 Å². The third-order valence-corrected chi connectivity index (χ3v) is 4.96. The molecule has 1 fully saturated rings. The number of piperazine rings is 1. The first kappa shape index (κ1) is 16.7. The summed E-state index contributed by atoms with van der Waals surface area (Å²) in [5.41, 5.74) is 0.583. The van der Waals surface area contributed by atoms with Crippen molar-refractivity contribution in [3.63, 3.8) is 0 Å². The lowest BCUT2D eigenvalue weighted by Gasteiger charge is -2.34. The van der Waals surface area contributed by atoms with Crippen LogP contribution in [-0.2, 0) is 4.79 Å². The minimum atomic E-state index is -0.0428. The fourth-order valence-electron chi connectivity index (χ4n) is 2.58. The summed E-state index contributed by atoms with van der Waals surface area (Å²) in [6.07, 6.45) is 3.43. The zero-order valence-corrected chi connectivity index (χ0v) is 14.6. The van der Waals surface area contributed by atoms with Crippen molar-refractivity contribution in [3.05, 3.63) is 63.3 Å². The number of thiophene rings is 1. The molecule has 0 aliphatic carbocycles. The predicted molar refractivity (Wildman–Crippen MR) is 97.3 cm³/mol. The van der Waals surface area contributed by atoms with Crippen LogP contribution in [0.3, 0.4) is 0 Å². The Bertz CT molecular complexity index is 750. The second-order valence-corrected chi connectivity index (χ2v) is 6.89. The first-order valence-electron chi connectivity index (χ1n) is 7.69. The quantitative estimate of drug-likeness (QED) is 0.787. The smallest absolute Gasteiger partial charge is 0.254 e. The highest BCUT2D eigenvalue weighted by molar-refractivity contribution is 7.10. The number of carbonyl (C=O) groups excluding carboxylic acids is 2. The highest BCUT2D eigenvalue weighted by Gasteiger charge is 2.23. The van der Waals surface area contributed by atoms with E-state index in [1.165, 1.54) is 0 Å². The number of benzene rings is 1. The summed E-state index contributed by atoms with van der Waals surface area (Å²) in [5, 5.41) is 2.53. The minimum absolute atomic E-state index is 0.0155. The van der Waals surface area contributed by atoms with Gasteiger partial charge in [0.1, 0.15) is 0 Å². The van der Waals surface area contributed by atoms with Crippen LogP contribution in [0.15, 0.2) is 47.9 Å². The zero-order valence-electron chi connectivity index (χ0n) is 13.0. The first-order chi connectivity index (χ1) is 11.6. The van der Waals surface area contributed by atoms with E-state index < -0.39 is 0 Å². The van der Waals surface area contributed by atoms with Gasteiger partial charge in [0.05, 0.1) is 0 Å². The molecule has 124 valence electrons. The summed E-state index contributed by atoms with van der Waals surface area (Å²) in [5.74, 6) is -0.0584. The standard InChI is InChI=1S/C18H17ClN2O2S/c19-15-4-1-3-14(13-15)18(23)21-10-8-20(9-11-21)17(22)7-6-16-5-2-12-24-16/h1-7,12-13H,8-11H2/b7-6+. The molecule has 6 heteroatoms. The third-order valence-electron chi connectivity index (χ3n) is 3.88. The second-order valence-electron chi connectivity index (χ2n) is 5.48. The average Bonchev–Trinajstić information content (AvgIpc) is 3.13. The lowest BCUT2D eigenvalue weighted by Crippen LogP contribution is -2.50. The van der Waals surface area contributed by atoms with E-state index in [2.05, 4.69) is 0 Å². The van der Waals surface area contributed by atoms with Crippen molar-refractivity contribution in [2.75, 3.05) is 26.2 Å². The van der Waals surface area contributed by atoms with Crippen LogP contribution in [0.1, 0.15) is 15.2 Å². The Balaban J connectivity index is 1.55. The Labute approximate surface area is 149 Å². The maximum atomic E-state index is 12.5. The molecule has 0 spiro atoms. The molecular weight excluding hydrogens is 344 g/mol. The summed E-state index contributed by atoms with van der Waals surface area (Å²) in [6, 6.07) is 10.9. The number of rotatable bonds is 3. The lowest BCUT2D eigenvalue weighted by molar-refractivity contribution is -0.127. The molecule has 0 atom stereocenters. The Morgan fingerprint density at radius 1 is 1.04 bits per heavy atom. The summed E-state index contributed by atoms with van der Waals surface area (Å²) < 4.78 is 0. The van der Waals surface area contributed by atoms with Crippen molar-refractivity contribution < 1.29 is 9.59 Å². The van der Waals surface area contributed by atoms with E-state index in [9.17, 15) is 9.59 Å². The van der Waals surface area contributed by atoms with E-state index in [0.29, 0.717) is 36.8 Å². The fraction of sp³-hybridized carbons (Fsp3) is 0.222. The molecule has 24 heavy (non-hydrogen) atoms. The maximum absolute atomic E-state index is 12.5. The monoisotopic (exact) mass is 360 g/mol. The maximum Gasteiger partial charge on any atom is 0.254 e. The molecule has 1 aliphatic heterocycles. The van der Waals surface area contributed by atoms with Crippen LogP contribution in [0.4, 0.5) is 0 Å². The van der Waals surface area contributed by atoms with Crippen LogP contribution in [0.2, 0.25) is 5.02 Å². The zero-order chi connectivity index (χ0) is 16.9. The SMILES string of the molecule is O=C(/C=C/c1cccs1)N1CCN(C(=O)c2cccc(Cl)c2)CC1. The van der Waals surface area contributed by atoms with E-state index >= 15 is 0 Å². The molecule has 1 aliphatic rings. The van der Waals surface area contributed by atoms with Gasteiger partial charge in [0, 0.05) is 47.7 Å². The van der Waals surface area contributed by atoms with Crippen LogP contribution in [0, 0.1) is 0 Å². The van der Waals surface area contributed by atoms with Gasteiger partial charge in [0.25, 0.3) is 5.91 Å². The minimum Gasteiger partial charge on any atom is -0.336 e. The van der Waals surface area contributed by atoms with Crippen molar-refractivity contribution in [3.8, 4) is 0 Å². The fourth-order valence-corrected chi connectivity index (χ4v) is 3.39. The lowest BCUT2D eigenvalue weighted by atomic mass is 10.2. The summed E-state index contributed by atoms with van der Waals surface area (Å²) in [4.78, 5) is 29.3. The molecule has 4 nitrogen and oxygen atoms in total. The van der Waals surface area contributed by atoms with Crippen LogP contribution >= 0.6 is 22.9 Å². The largest absolute Gasteiger partial charge is 0.336 e. The van der Waals surface area contributed by atoms with Crippen LogP contribution in [0.25, 0.3) is 6.08 Å². The van der Waals surface area contributed by atoms with Gasteiger partial charge in [0.15, 0.2) is 0 Å². The normalized spacial score (nSPS) is 15.0. The molecule has 0 saturated carbocycles. The molecule has 1 aromatic heterocycles. The highest BCUT2D eigenvalue weighted by Crippen LogP contribution is 2.15. The van der Waals surface area contributed by atoms with Gasteiger partial charge in [-0.25, -0.2) is 0 Å². The average molecular weight is 361 g/mol. The van der Waals surface area contributed by atoms with E-state index in [4.69, 9.17) is 11.6 Å². The number of hydrogen-bond donors (Lipinski definition) is 0. The molecule has 2 heterocycles. The topological polar surface area (TPSA) is 40.6 Å². The summed E-state index contributed by atoms with van der Waals surface area (Å²) >= 11 is 7.53. The number of carbonyl (C=O) groups is 2. The highest BCUT2D eigenvalue weighted by atomic mass is 35.5. The van der Waals surface area contributed by atoms with Crippen molar-refractivity contribution >= 4 is 40.8 Å². The van der Waals surface area contributed by atoms with Crippen LogP contribution < -0.4 is 0 Å². The van der Waals surface area contributed by atoms with Crippen molar-refractivity contribution in [2.24, 2.45) is 0 Å². The van der Waals surface area contributed by atoms with Gasteiger partial charge in [-0.15, -0.1) is 11.3 Å². The van der Waals surface area contributed by atoms with E-state index in [1.54, 1.807) is 51.5 Å². The molecular formula is C18H17ClN2O2S. The van der Waals surface area contributed by atoms with E-state index in [0.717, 1.165) is 4.88 Å². The molecule has 2 aromatic rings. The molecule has 1 saturated heterocycles. The Kier molecular flexibility index (Phi) is 5.33. The van der Waals surface area contributed by atoms with Gasteiger partial charge in [-0.2, -0.15) is 0 Å². The molecule has 1 aromatic carbocycles. The Morgan fingerprint density at radius 3 is 2.46 bits per heavy atom. The van der Waals surface area contributed by atoms with E-state index in [1.807, 2.05) is 23.6 Å². The molecule has 0 unspecified atom stereocenters. The van der Waals surface area contributed by atoms with Crippen LogP contribution in [0.5, 0.6) is 0 Å². The Hall–Kier alpha value is -2.11. The van der Waals surface area contributed by atoms with Crippen LogP contribution in [-0.4, -0.2) is 47.8 Å². The van der Waals surface area contributed by atoms with Gasteiger partial charge < -0.3 is 9.80 Å². The van der Waals surface area contributed by atoms with Crippen molar-refractivity contribution in [1.82, 2.24) is 9.80 Å². The second kappa shape index (κ2) is 7.64. The number of amides is 2. The van der Waals surface area contributed by atoms with Crippen molar-refractivity contribution in [2.45, 2.75) is 0 Å². The van der Waals surface area contributed by atoms with Gasteiger partial charge >= 0.3 is 0 Å². The molecule has 2 amide bonds. The van der Waals surface area contributed by atoms with Gasteiger partial charge in [-0.1, -0.05) is 23.7 Å². The molecule has 0 radical (unpaired) electrons. The molecule has 0 N–H and O–H groups in total. The first-order valence-corrected chi connectivity index (χ1v) is 8.94. The third kappa shape index (κ3) is 4.04.